The average molecular weight is 223 g/mol. The molecule has 1 fully saturated rings. The molecule has 0 aliphatic carbocycles. The Morgan fingerprint density at radius 2 is 2.44 bits per heavy atom. The lowest BCUT2D eigenvalue weighted by Crippen LogP contribution is -2.54. The number of aromatic nitrogens is 3. The van der Waals surface area contributed by atoms with Crippen molar-refractivity contribution in [3.05, 3.63) is 12.2 Å². The van der Waals surface area contributed by atoms with Gasteiger partial charge in [0.1, 0.15) is 12.2 Å². The van der Waals surface area contributed by atoms with Gasteiger partial charge in [0.15, 0.2) is 0 Å². The zero-order chi connectivity index (χ0) is 11.5. The average Bonchev–Trinajstić information content (AvgIpc) is 2.68. The van der Waals surface area contributed by atoms with E-state index in [2.05, 4.69) is 15.4 Å². The van der Waals surface area contributed by atoms with Crippen LogP contribution in [-0.4, -0.2) is 44.7 Å². The van der Waals surface area contributed by atoms with Gasteiger partial charge in [-0.1, -0.05) is 6.92 Å². The number of nitrogens with zero attached hydrogens (tertiary/aromatic N) is 4. The van der Waals surface area contributed by atoms with Crippen molar-refractivity contribution in [3.8, 4) is 0 Å². The molecule has 16 heavy (non-hydrogen) atoms. The third kappa shape index (κ3) is 2.06. The van der Waals surface area contributed by atoms with Crippen LogP contribution < -0.4 is 5.32 Å². The van der Waals surface area contributed by atoms with Crippen molar-refractivity contribution in [2.75, 3.05) is 13.1 Å². The van der Waals surface area contributed by atoms with Gasteiger partial charge in [-0.2, -0.15) is 5.10 Å². The molecule has 1 unspecified atom stereocenters. The Balaban J connectivity index is 2.04. The first kappa shape index (κ1) is 11.1. The van der Waals surface area contributed by atoms with Gasteiger partial charge < -0.3 is 10.2 Å². The van der Waals surface area contributed by atoms with E-state index >= 15 is 0 Å². The van der Waals surface area contributed by atoms with Crippen LogP contribution in [0.3, 0.4) is 0 Å². The number of hydrogen-bond donors (Lipinski definition) is 1. The first-order valence-corrected chi connectivity index (χ1v) is 5.57. The van der Waals surface area contributed by atoms with Gasteiger partial charge in [-0.3, -0.25) is 9.48 Å². The minimum Gasteiger partial charge on any atom is -0.333 e. The summed E-state index contributed by atoms with van der Waals surface area (Å²) in [4.78, 5) is 18.0. The van der Waals surface area contributed by atoms with Crippen molar-refractivity contribution in [2.45, 2.75) is 25.9 Å². The van der Waals surface area contributed by atoms with Crippen molar-refractivity contribution in [1.29, 1.82) is 0 Å². The van der Waals surface area contributed by atoms with Crippen molar-refractivity contribution >= 4 is 5.91 Å². The van der Waals surface area contributed by atoms with Gasteiger partial charge >= 0.3 is 0 Å². The molecule has 0 aromatic carbocycles. The molecule has 1 aromatic rings. The van der Waals surface area contributed by atoms with Crippen LogP contribution in [0.25, 0.3) is 0 Å². The number of piperazine rings is 1. The summed E-state index contributed by atoms with van der Waals surface area (Å²) < 4.78 is 1.70. The minimum atomic E-state index is -0.0398. The van der Waals surface area contributed by atoms with Gasteiger partial charge in [0.25, 0.3) is 0 Å². The van der Waals surface area contributed by atoms with Crippen LogP contribution in [0.15, 0.2) is 6.33 Å². The molecule has 6 heteroatoms. The van der Waals surface area contributed by atoms with Crippen molar-refractivity contribution in [2.24, 2.45) is 7.05 Å². The summed E-state index contributed by atoms with van der Waals surface area (Å²) in [7, 11) is 1.84. The van der Waals surface area contributed by atoms with Crippen molar-refractivity contribution < 1.29 is 4.79 Å². The second-order valence-corrected chi connectivity index (χ2v) is 3.97. The van der Waals surface area contributed by atoms with E-state index in [4.69, 9.17) is 0 Å². The summed E-state index contributed by atoms with van der Waals surface area (Å²) in [6, 6.07) is -0.0398. The molecule has 1 N–H and O–H groups in total. The van der Waals surface area contributed by atoms with Crippen LogP contribution in [0.4, 0.5) is 0 Å². The Hall–Kier alpha value is -1.43. The molecule has 0 spiro atoms. The molecule has 2 rings (SSSR count). The second-order valence-electron chi connectivity index (χ2n) is 3.97. The van der Waals surface area contributed by atoms with Crippen molar-refractivity contribution in [3.63, 3.8) is 0 Å². The Morgan fingerprint density at radius 3 is 3.06 bits per heavy atom. The van der Waals surface area contributed by atoms with Gasteiger partial charge in [-0.15, -0.1) is 0 Å². The number of aryl methyl sites for hydroxylation is 1. The highest BCUT2D eigenvalue weighted by Gasteiger charge is 2.27. The lowest BCUT2D eigenvalue weighted by molar-refractivity contribution is -0.136. The molecular formula is C10H17N5O. The zero-order valence-electron chi connectivity index (χ0n) is 9.68. The molecule has 1 amide bonds. The predicted octanol–water partition coefficient (Wildman–Crippen LogP) is -0.474. The number of rotatable bonds is 3. The summed E-state index contributed by atoms with van der Waals surface area (Å²) in [6.07, 6.45) is 2.34. The van der Waals surface area contributed by atoms with Gasteiger partial charge in [-0.25, -0.2) is 4.98 Å². The summed E-state index contributed by atoms with van der Waals surface area (Å²) >= 11 is 0. The quantitative estimate of drug-likeness (QED) is 0.752. The van der Waals surface area contributed by atoms with E-state index in [1.807, 2.05) is 18.9 Å². The van der Waals surface area contributed by atoms with Gasteiger partial charge in [0.2, 0.25) is 5.91 Å². The number of carbonyl (C=O) groups is 1. The van der Waals surface area contributed by atoms with Gasteiger partial charge in [0, 0.05) is 20.1 Å². The van der Waals surface area contributed by atoms with E-state index in [1.165, 1.54) is 6.33 Å². The monoisotopic (exact) mass is 223 g/mol. The van der Waals surface area contributed by atoms with Gasteiger partial charge in [-0.05, 0) is 6.42 Å². The van der Waals surface area contributed by atoms with Crippen LogP contribution in [-0.2, 0) is 18.4 Å². The molecule has 1 aliphatic heterocycles. The lowest BCUT2D eigenvalue weighted by atomic mass is 10.1. The maximum Gasteiger partial charge on any atom is 0.240 e. The topological polar surface area (TPSA) is 63.0 Å². The van der Waals surface area contributed by atoms with Crippen LogP contribution in [0.1, 0.15) is 19.2 Å². The van der Waals surface area contributed by atoms with Crippen LogP contribution >= 0.6 is 0 Å². The SMILES string of the molecule is CCC1NCCN(Cc2ncnn2C)C1=O. The fourth-order valence-corrected chi connectivity index (χ4v) is 1.90. The normalized spacial score (nSPS) is 21.5. The summed E-state index contributed by atoms with van der Waals surface area (Å²) in [5.74, 6) is 0.988. The van der Waals surface area contributed by atoms with Crippen LogP contribution in [0.2, 0.25) is 0 Å². The van der Waals surface area contributed by atoms with E-state index in [0.29, 0.717) is 6.54 Å². The second kappa shape index (κ2) is 4.61. The van der Waals surface area contributed by atoms with Crippen molar-refractivity contribution in [1.82, 2.24) is 25.0 Å². The minimum absolute atomic E-state index is 0.0398. The fraction of sp³-hybridized carbons (Fsp3) is 0.700. The number of nitrogens with one attached hydrogen (secondary N) is 1. The van der Waals surface area contributed by atoms with E-state index in [-0.39, 0.29) is 11.9 Å². The lowest BCUT2D eigenvalue weighted by Gasteiger charge is -2.32. The predicted molar refractivity (Wildman–Crippen MR) is 58.5 cm³/mol. The van der Waals surface area contributed by atoms with E-state index < -0.39 is 0 Å². The third-order valence-electron chi connectivity index (χ3n) is 2.93. The largest absolute Gasteiger partial charge is 0.333 e. The molecule has 2 heterocycles. The molecule has 0 radical (unpaired) electrons. The molecule has 88 valence electrons. The van der Waals surface area contributed by atoms with Crippen LogP contribution in [0.5, 0.6) is 0 Å². The Labute approximate surface area is 94.6 Å². The maximum atomic E-state index is 12.0. The molecule has 1 atom stereocenters. The molecular weight excluding hydrogens is 206 g/mol. The number of carbonyl (C=O) groups excluding carboxylic acids is 1. The molecule has 1 aliphatic rings. The number of amides is 1. The zero-order valence-corrected chi connectivity index (χ0v) is 9.68. The first-order valence-electron chi connectivity index (χ1n) is 5.57. The Morgan fingerprint density at radius 1 is 1.62 bits per heavy atom. The third-order valence-corrected chi connectivity index (χ3v) is 2.93. The Kier molecular flexibility index (Phi) is 3.19. The molecule has 1 aromatic heterocycles. The highest BCUT2D eigenvalue weighted by atomic mass is 16.2. The van der Waals surface area contributed by atoms with E-state index in [9.17, 15) is 4.79 Å². The van der Waals surface area contributed by atoms with E-state index in [0.717, 1.165) is 25.3 Å². The molecule has 1 saturated heterocycles. The van der Waals surface area contributed by atoms with Crippen LogP contribution in [0, 0.1) is 0 Å². The highest BCUT2D eigenvalue weighted by molar-refractivity contribution is 5.82. The summed E-state index contributed by atoms with van der Waals surface area (Å²) in [5, 5.41) is 7.21. The fourth-order valence-electron chi connectivity index (χ4n) is 1.90. The highest BCUT2D eigenvalue weighted by Crippen LogP contribution is 2.08. The number of hydrogen-bond acceptors (Lipinski definition) is 4. The summed E-state index contributed by atoms with van der Waals surface area (Å²) in [5.41, 5.74) is 0. The van der Waals surface area contributed by atoms with E-state index in [1.54, 1.807) is 4.68 Å². The first-order chi connectivity index (χ1) is 7.72. The molecule has 6 nitrogen and oxygen atoms in total. The smallest absolute Gasteiger partial charge is 0.240 e. The molecule has 0 saturated carbocycles. The standard InChI is InChI=1S/C10H17N5O/c1-3-8-10(16)15(5-4-11-8)6-9-12-7-13-14(9)2/h7-8,11H,3-6H2,1-2H3. The van der Waals surface area contributed by atoms with Gasteiger partial charge in [0.05, 0.1) is 12.6 Å². The summed E-state index contributed by atoms with van der Waals surface area (Å²) in [6.45, 7) is 4.15. The maximum absolute atomic E-state index is 12.0. The molecule has 0 bridgehead atoms. The Bertz CT molecular complexity index is 375.